The number of hydrogen-bond acceptors (Lipinski definition) is 3. The summed E-state index contributed by atoms with van der Waals surface area (Å²) in [6.45, 7) is 3.15. The van der Waals surface area contributed by atoms with Crippen LogP contribution in [0.4, 0.5) is 11.4 Å². The van der Waals surface area contributed by atoms with Gasteiger partial charge >= 0.3 is 0 Å². The van der Waals surface area contributed by atoms with Crippen LogP contribution in [0.25, 0.3) is 0 Å². The summed E-state index contributed by atoms with van der Waals surface area (Å²) in [6.07, 6.45) is 0. The average molecular weight is 386 g/mol. The molecule has 0 atom stereocenters. The number of carbonyl (C=O) groups excluding carboxylic acids is 2. The van der Waals surface area contributed by atoms with Crippen molar-refractivity contribution in [3.63, 3.8) is 0 Å². The van der Waals surface area contributed by atoms with Gasteiger partial charge in [0.1, 0.15) is 6.54 Å². The number of nitrogens with zero attached hydrogens (tertiary/aromatic N) is 2. The summed E-state index contributed by atoms with van der Waals surface area (Å²) in [6, 6.07) is 14.2. The lowest BCUT2D eigenvalue weighted by Crippen LogP contribution is -2.36. The maximum Gasteiger partial charge on any atom is 0.244 e. The molecule has 1 N–H and O–H groups in total. The second-order valence-electron chi connectivity index (χ2n) is 5.27. The number of aryl methyl sites for hydroxylation is 1. The minimum absolute atomic E-state index is 0.125. The van der Waals surface area contributed by atoms with Crippen LogP contribution in [0.3, 0.4) is 0 Å². The van der Waals surface area contributed by atoms with Crippen LogP contribution in [0.15, 0.2) is 46.9 Å². The van der Waals surface area contributed by atoms with Crippen LogP contribution in [0, 0.1) is 18.3 Å². The Morgan fingerprint density at radius 2 is 2.00 bits per heavy atom. The first kappa shape index (κ1) is 17.7. The van der Waals surface area contributed by atoms with Gasteiger partial charge in [0.25, 0.3) is 0 Å². The smallest absolute Gasteiger partial charge is 0.244 e. The van der Waals surface area contributed by atoms with Crippen molar-refractivity contribution in [2.75, 3.05) is 16.8 Å². The lowest BCUT2D eigenvalue weighted by atomic mass is 10.2. The number of nitrogens with one attached hydrogen (secondary N) is 1. The van der Waals surface area contributed by atoms with Gasteiger partial charge in [-0.1, -0.05) is 22.0 Å². The third-order valence-electron chi connectivity index (χ3n) is 3.43. The zero-order chi connectivity index (χ0) is 17.7. The van der Waals surface area contributed by atoms with E-state index in [1.54, 1.807) is 30.3 Å². The van der Waals surface area contributed by atoms with E-state index in [9.17, 15) is 9.59 Å². The minimum Gasteiger partial charge on any atom is -0.324 e. The molecule has 2 rings (SSSR count). The van der Waals surface area contributed by atoms with Gasteiger partial charge in [0, 0.05) is 22.8 Å². The lowest BCUT2D eigenvalue weighted by Gasteiger charge is -2.21. The van der Waals surface area contributed by atoms with E-state index >= 15 is 0 Å². The molecule has 0 fully saturated rings. The van der Waals surface area contributed by atoms with E-state index in [0.717, 1.165) is 10.0 Å². The van der Waals surface area contributed by atoms with Crippen LogP contribution in [0.5, 0.6) is 0 Å². The number of benzene rings is 2. The predicted molar refractivity (Wildman–Crippen MR) is 96.7 cm³/mol. The Kier molecular flexibility index (Phi) is 5.72. The Morgan fingerprint density at radius 3 is 2.62 bits per heavy atom. The van der Waals surface area contributed by atoms with Crippen LogP contribution < -0.4 is 10.2 Å². The van der Waals surface area contributed by atoms with Gasteiger partial charge in [-0.05, 0) is 48.9 Å². The molecule has 0 heterocycles. The van der Waals surface area contributed by atoms with Crippen molar-refractivity contribution >= 4 is 39.1 Å². The van der Waals surface area contributed by atoms with Gasteiger partial charge in [-0.15, -0.1) is 0 Å². The highest BCUT2D eigenvalue weighted by atomic mass is 79.9. The Hall–Kier alpha value is -2.65. The highest BCUT2D eigenvalue weighted by molar-refractivity contribution is 9.10. The molecule has 122 valence electrons. The molecule has 0 radical (unpaired) electrons. The van der Waals surface area contributed by atoms with Gasteiger partial charge in [0.05, 0.1) is 11.6 Å². The third-order valence-corrected chi connectivity index (χ3v) is 3.92. The molecule has 0 saturated heterocycles. The number of rotatable bonds is 4. The number of amides is 2. The first-order valence-corrected chi connectivity index (χ1v) is 8.04. The fourth-order valence-electron chi connectivity index (χ4n) is 2.23. The van der Waals surface area contributed by atoms with Crippen molar-refractivity contribution in [1.82, 2.24) is 0 Å². The quantitative estimate of drug-likeness (QED) is 0.872. The monoisotopic (exact) mass is 385 g/mol. The van der Waals surface area contributed by atoms with E-state index in [2.05, 4.69) is 21.2 Å². The van der Waals surface area contributed by atoms with Crippen molar-refractivity contribution < 1.29 is 9.59 Å². The first-order valence-electron chi connectivity index (χ1n) is 7.25. The van der Waals surface area contributed by atoms with Gasteiger partial charge in [-0.25, -0.2) is 0 Å². The summed E-state index contributed by atoms with van der Waals surface area (Å²) >= 11 is 3.37. The molecule has 0 saturated carbocycles. The molecule has 5 nitrogen and oxygen atoms in total. The van der Waals surface area contributed by atoms with Crippen molar-refractivity contribution in [1.29, 1.82) is 5.26 Å². The molecular weight excluding hydrogens is 370 g/mol. The van der Waals surface area contributed by atoms with E-state index in [4.69, 9.17) is 5.26 Å². The highest BCUT2D eigenvalue weighted by Crippen LogP contribution is 2.21. The van der Waals surface area contributed by atoms with Gasteiger partial charge < -0.3 is 10.2 Å². The predicted octanol–water partition coefficient (Wildman–Crippen LogP) is 3.62. The van der Waals surface area contributed by atoms with Gasteiger partial charge in [-0.3, -0.25) is 9.59 Å². The number of halogens is 1. The lowest BCUT2D eigenvalue weighted by molar-refractivity contribution is -0.120. The summed E-state index contributed by atoms with van der Waals surface area (Å²) in [5.74, 6) is -0.578. The van der Waals surface area contributed by atoms with E-state index in [1.165, 1.54) is 11.8 Å². The van der Waals surface area contributed by atoms with Crippen molar-refractivity contribution in [3.8, 4) is 6.07 Å². The van der Waals surface area contributed by atoms with E-state index < -0.39 is 0 Å². The number of anilines is 2. The van der Waals surface area contributed by atoms with Crippen LogP contribution in [-0.2, 0) is 9.59 Å². The van der Waals surface area contributed by atoms with E-state index in [0.29, 0.717) is 16.9 Å². The second kappa shape index (κ2) is 7.75. The topological polar surface area (TPSA) is 73.2 Å². The summed E-state index contributed by atoms with van der Waals surface area (Å²) < 4.78 is 0.927. The summed E-state index contributed by atoms with van der Waals surface area (Å²) in [5.41, 5.74) is 2.56. The molecule has 24 heavy (non-hydrogen) atoms. The number of carbonyl (C=O) groups is 2. The molecule has 6 heteroatoms. The molecule has 0 aliphatic rings. The van der Waals surface area contributed by atoms with E-state index in [1.807, 2.05) is 25.1 Å². The van der Waals surface area contributed by atoms with Gasteiger partial charge in [-0.2, -0.15) is 5.26 Å². The molecule has 0 aliphatic heterocycles. The van der Waals surface area contributed by atoms with Crippen LogP contribution in [-0.4, -0.2) is 18.4 Å². The van der Waals surface area contributed by atoms with Crippen molar-refractivity contribution in [2.24, 2.45) is 0 Å². The number of nitriles is 1. The van der Waals surface area contributed by atoms with Crippen LogP contribution >= 0.6 is 15.9 Å². The fraction of sp³-hybridized carbons (Fsp3) is 0.167. The maximum atomic E-state index is 12.3. The summed E-state index contributed by atoms with van der Waals surface area (Å²) in [4.78, 5) is 25.5. The zero-order valence-corrected chi connectivity index (χ0v) is 14.9. The molecule has 2 aromatic carbocycles. The van der Waals surface area contributed by atoms with Crippen molar-refractivity contribution in [3.05, 3.63) is 58.1 Å². The summed E-state index contributed by atoms with van der Waals surface area (Å²) in [5, 5.41) is 11.8. The normalized spacial score (nSPS) is 9.92. The Balaban J connectivity index is 2.17. The molecule has 0 aliphatic carbocycles. The number of hydrogen-bond donors (Lipinski definition) is 1. The largest absolute Gasteiger partial charge is 0.324 e. The molecular formula is C18H16BrN3O2. The molecule has 0 bridgehead atoms. The van der Waals surface area contributed by atoms with Gasteiger partial charge in [0.2, 0.25) is 11.8 Å². The van der Waals surface area contributed by atoms with Crippen LogP contribution in [0.2, 0.25) is 0 Å². The third kappa shape index (κ3) is 4.43. The van der Waals surface area contributed by atoms with Crippen LogP contribution in [0.1, 0.15) is 18.1 Å². The van der Waals surface area contributed by atoms with E-state index in [-0.39, 0.29) is 18.4 Å². The first-order chi connectivity index (χ1) is 11.4. The summed E-state index contributed by atoms with van der Waals surface area (Å²) in [7, 11) is 0. The fourth-order valence-corrected chi connectivity index (χ4v) is 2.70. The zero-order valence-electron chi connectivity index (χ0n) is 13.3. The minimum atomic E-state index is -0.307. The molecule has 2 aromatic rings. The maximum absolute atomic E-state index is 12.3. The second-order valence-corrected chi connectivity index (χ2v) is 6.19. The van der Waals surface area contributed by atoms with Gasteiger partial charge in [0.15, 0.2) is 0 Å². The standard InChI is InChI=1S/C18H16BrN3O2/c1-12-8-15(19)6-7-17(12)21-18(24)11-22(13(2)23)16-5-3-4-14(9-16)10-20/h3-9H,11H2,1-2H3,(H,21,24). The molecule has 0 unspecified atom stereocenters. The Labute approximate surface area is 149 Å². The Bertz CT molecular complexity index is 827. The van der Waals surface area contributed by atoms with Crippen molar-refractivity contribution in [2.45, 2.75) is 13.8 Å². The SMILES string of the molecule is CC(=O)N(CC(=O)Nc1ccc(Br)cc1C)c1cccc(C#N)c1. The molecule has 2 amide bonds. The molecule has 0 aromatic heterocycles. The average Bonchev–Trinajstić information content (AvgIpc) is 2.55. The molecule has 0 spiro atoms. The highest BCUT2D eigenvalue weighted by Gasteiger charge is 2.16. The Morgan fingerprint density at radius 1 is 1.25 bits per heavy atom.